The van der Waals surface area contributed by atoms with Crippen LogP contribution < -0.4 is 4.72 Å². The molecule has 0 atom stereocenters. The Morgan fingerprint density at radius 1 is 0.667 bits per heavy atom. The minimum atomic E-state index is -3.59. The molecule has 0 saturated heterocycles. The van der Waals surface area contributed by atoms with Crippen molar-refractivity contribution in [2.24, 2.45) is 0 Å². The van der Waals surface area contributed by atoms with Crippen LogP contribution in [0.3, 0.4) is 0 Å². The molecule has 1 N–H and O–H groups in total. The minimum absolute atomic E-state index is 0.138. The molecule has 4 heteroatoms. The standard InChI is InChI=1S/C26H31NO2S/c1-18-19(2)21(4)26(22(5)20(18)3)30(28,29)27-17-16-25(23-12-8-6-9-13-23)24-14-10-7-11-15-24/h6-15,25,27H,16-17H2,1-5H3. The molecule has 30 heavy (non-hydrogen) atoms. The summed E-state index contributed by atoms with van der Waals surface area (Å²) in [6, 6.07) is 20.5. The Kier molecular flexibility index (Phi) is 6.79. The van der Waals surface area contributed by atoms with E-state index >= 15 is 0 Å². The van der Waals surface area contributed by atoms with Gasteiger partial charge in [0.1, 0.15) is 0 Å². The summed E-state index contributed by atoms with van der Waals surface area (Å²) in [6.07, 6.45) is 0.690. The van der Waals surface area contributed by atoms with Gasteiger partial charge in [-0.15, -0.1) is 0 Å². The molecule has 0 heterocycles. The Labute approximate surface area is 181 Å². The second kappa shape index (κ2) is 9.15. The monoisotopic (exact) mass is 421 g/mol. The van der Waals surface area contributed by atoms with E-state index in [0.29, 0.717) is 17.9 Å². The summed E-state index contributed by atoms with van der Waals surface area (Å²) < 4.78 is 29.3. The lowest BCUT2D eigenvalue weighted by Gasteiger charge is -2.21. The van der Waals surface area contributed by atoms with Gasteiger partial charge >= 0.3 is 0 Å². The molecule has 0 aliphatic carbocycles. The van der Waals surface area contributed by atoms with E-state index < -0.39 is 10.0 Å². The second-order valence-electron chi connectivity index (χ2n) is 8.01. The molecular weight excluding hydrogens is 390 g/mol. The van der Waals surface area contributed by atoms with Gasteiger partial charge in [-0.05, 0) is 80.0 Å². The van der Waals surface area contributed by atoms with Crippen LogP contribution in [0.25, 0.3) is 0 Å². The topological polar surface area (TPSA) is 46.2 Å². The quantitative estimate of drug-likeness (QED) is 0.529. The molecule has 158 valence electrons. The fourth-order valence-corrected chi connectivity index (χ4v) is 5.82. The third-order valence-electron chi connectivity index (χ3n) is 6.33. The van der Waals surface area contributed by atoms with Crippen LogP contribution in [0.2, 0.25) is 0 Å². The maximum absolute atomic E-state index is 13.2. The highest BCUT2D eigenvalue weighted by Gasteiger charge is 2.24. The first kappa shape index (κ1) is 22.3. The lowest BCUT2D eigenvalue weighted by molar-refractivity contribution is 0.573. The van der Waals surface area contributed by atoms with Crippen molar-refractivity contribution < 1.29 is 8.42 Å². The Balaban J connectivity index is 1.85. The van der Waals surface area contributed by atoms with E-state index in [9.17, 15) is 8.42 Å². The van der Waals surface area contributed by atoms with E-state index in [-0.39, 0.29) is 5.92 Å². The van der Waals surface area contributed by atoms with Gasteiger partial charge in [0.05, 0.1) is 4.90 Å². The van der Waals surface area contributed by atoms with Gasteiger partial charge < -0.3 is 0 Å². The number of rotatable bonds is 7. The number of nitrogens with one attached hydrogen (secondary N) is 1. The van der Waals surface area contributed by atoms with Crippen molar-refractivity contribution in [1.82, 2.24) is 4.72 Å². The molecule has 0 aliphatic heterocycles. The number of hydrogen-bond acceptors (Lipinski definition) is 2. The maximum Gasteiger partial charge on any atom is 0.241 e. The van der Waals surface area contributed by atoms with E-state index in [0.717, 1.165) is 27.8 Å². The predicted octanol–water partition coefficient (Wildman–Crippen LogP) is 5.73. The number of sulfonamides is 1. The highest BCUT2D eigenvalue weighted by atomic mass is 32.2. The van der Waals surface area contributed by atoms with E-state index in [1.165, 1.54) is 11.1 Å². The average molecular weight is 422 g/mol. The summed E-state index contributed by atoms with van der Waals surface area (Å²) in [5.41, 5.74) is 7.32. The summed E-state index contributed by atoms with van der Waals surface area (Å²) in [5, 5.41) is 0. The molecule has 0 saturated carbocycles. The molecular formula is C26H31NO2S. The molecule has 0 unspecified atom stereocenters. The Bertz CT molecular complexity index is 1050. The molecule has 0 bridgehead atoms. The maximum atomic E-state index is 13.2. The highest BCUT2D eigenvalue weighted by molar-refractivity contribution is 7.89. The van der Waals surface area contributed by atoms with Gasteiger partial charge in [0.25, 0.3) is 0 Å². The first-order chi connectivity index (χ1) is 14.2. The lowest BCUT2D eigenvalue weighted by Crippen LogP contribution is -2.28. The van der Waals surface area contributed by atoms with Crippen LogP contribution in [0, 0.1) is 34.6 Å². The van der Waals surface area contributed by atoms with Gasteiger partial charge in [0, 0.05) is 12.5 Å². The third-order valence-corrected chi connectivity index (χ3v) is 8.06. The Morgan fingerprint density at radius 3 is 1.50 bits per heavy atom. The van der Waals surface area contributed by atoms with Crippen molar-refractivity contribution in [1.29, 1.82) is 0 Å². The zero-order valence-corrected chi connectivity index (χ0v) is 19.3. The van der Waals surface area contributed by atoms with Crippen LogP contribution in [0.5, 0.6) is 0 Å². The van der Waals surface area contributed by atoms with Gasteiger partial charge in [-0.3, -0.25) is 0 Å². The summed E-state index contributed by atoms with van der Waals surface area (Å²) in [6.45, 7) is 10.2. The molecule has 0 aliphatic rings. The number of hydrogen-bond donors (Lipinski definition) is 1. The minimum Gasteiger partial charge on any atom is -0.211 e. The number of benzene rings is 3. The van der Waals surface area contributed by atoms with Crippen LogP contribution in [-0.4, -0.2) is 15.0 Å². The SMILES string of the molecule is Cc1c(C)c(C)c(S(=O)(=O)NCCC(c2ccccc2)c2ccccc2)c(C)c1C. The van der Waals surface area contributed by atoms with Crippen molar-refractivity contribution in [2.75, 3.05) is 6.54 Å². The molecule has 3 aromatic rings. The Morgan fingerprint density at radius 2 is 1.07 bits per heavy atom. The fraction of sp³-hybridized carbons (Fsp3) is 0.308. The van der Waals surface area contributed by atoms with Crippen LogP contribution in [-0.2, 0) is 10.0 Å². The van der Waals surface area contributed by atoms with Crippen molar-refractivity contribution >= 4 is 10.0 Å². The summed E-state index contributed by atoms with van der Waals surface area (Å²) in [4.78, 5) is 0.430. The van der Waals surface area contributed by atoms with Crippen molar-refractivity contribution in [3.05, 3.63) is 99.6 Å². The highest BCUT2D eigenvalue weighted by Crippen LogP contribution is 2.30. The molecule has 3 aromatic carbocycles. The van der Waals surface area contributed by atoms with Gasteiger partial charge in [-0.25, -0.2) is 13.1 Å². The molecule has 0 fully saturated rings. The molecule has 3 rings (SSSR count). The third kappa shape index (κ3) is 4.50. The van der Waals surface area contributed by atoms with Gasteiger partial charge in [0.2, 0.25) is 10.0 Å². The van der Waals surface area contributed by atoms with Crippen LogP contribution in [0.15, 0.2) is 65.6 Å². The van der Waals surface area contributed by atoms with Crippen molar-refractivity contribution in [3.8, 4) is 0 Å². The van der Waals surface area contributed by atoms with Crippen LogP contribution in [0.4, 0.5) is 0 Å². The molecule has 0 amide bonds. The zero-order valence-electron chi connectivity index (χ0n) is 18.5. The summed E-state index contributed by atoms with van der Waals surface area (Å²) in [5.74, 6) is 0.138. The fourth-order valence-electron chi connectivity index (χ4n) is 4.17. The van der Waals surface area contributed by atoms with Crippen molar-refractivity contribution in [2.45, 2.75) is 51.9 Å². The molecule has 0 aromatic heterocycles. The largest absolute Gasteiger partial charge is 0.241 e. The van der Waals surface area contributed by atoms with E-state index in [4.69, 9.17) is 0 Å². The molecule has 3 nitrogen and oxygen atoms in total. The second-order valence-corrected chi connectivity index (χ2v) is 9.72. The molecule has 0 spiro atoms. The normalized spacial score (nSPS) is 11.8. The first-order valence-electron chi connectivity index (χ1n) is 10.4. The lowest BCUT2D eigenvalue weighted by atomic mass is 9.89. The van der Waals surface area contributed by atoms with Crippen LogP contribution in [0.1, 0.15) is 51.3 Å². The van der Waals surface area contributed by atoms with Gasteiger partial charge in [0.15, 0.2) is 0 Å². The predicted molar refractivity (Wildman–Crippen MR) is 125 cm³/mol. The van der Waals surface area contributed by atoms with Crippen molar-refractivity contribution in [3.63, 3.8) is 0 Å². The van der Waals surface area contributed by atoms with E-state index in [2.05, 4.69) is 35.9 Å². The summed E-state index contributed by atoms with van der Waals surface area (Å²) in [7, 11) is -3.59. The van der Waals surface area contributed by atoms with Gasteiger partial charge in [-0.1, -0.05) is 60.7 Å². The van der Waals surface area contributed by atoms with Gasteiger partial charge in [-0.2, -0.15) is 0 Å². The van der Waals surface area contributed by atoms with E-state index in [1.54, 1.807) is 0 Å². The smallest absolute Gasteiger partial charge is 0.211 e. The zero-order chi connectivity index (χ0) is 21.9. The average Bonchev–Trinajstić information content (AvgIpc) is 2.75. The summed E-state index contributed by atoms with van der Waals surface area (Å²) >= 11 is 0. The van der Waals surface area contributed by atoms with E-state index in [1.807, 2.05) is 64.1 Å². The molecule has 0 radical (unpaired) electrons. The van der Waals surface area contributed by atoms with Crippen LogP contribution >= 0.6 is 0 Å². The first-order valence-corrected chi connectivity index (χ1v) is 11.9. The Hall–Kier alpha value is -2.43.